The number of sulfonamides is 1. The van der Waals surface area contributed by atoms with Crippen molar-refractivity contribution in [3.63, 3.8) is 0 Å². The van der Waals surface area contributed by atoms with E-state index in [2.05, 4.69) is 10.0 Å². The Kier molecular flexibility index (Phi) is 6.43. The van der Waals surface area contributed by atoms with Crippen LogP contribution in [0, 0.1) is 0 Å². The van der Waals surface area contributed by atoms with Gasteiger partial charge in [0.15, 0.2) is 0 Å². The first kappa shape index (κ1) is 20.4. The minimum Gasteiger partial charge on any atom is -0.497 e. The number of anilines is 1. The number of ether oxygens (including phenoxy) is 2. The van der Waals surface area contributed by atoms with Gasteiger partial charge in [0.2, 0.25) is 0 Å². The van der Waals surface area contributed by atoms with Crippen molar-refractivity contribution in [2.45, 2.75) is 23.8 Å². The van der Waals surface area contributed by atoms with Crippen molar-refractivity contribution >= 4 is 33.2 Å². The molecular formula is C19H21ClN2O5S. The van der Waals surface area contributed by atoms with E-state index in [1.54, 1.807) is 12.1 Å². The summed E-state index contributed by atoms with van der Waals surface area (Å²) in [6, 6.07) is 10.4. The fourth-order valence-corrected chi connectivity index (χ4v) is 4.15. The highest BCUT2D eigenvalue weighted by Crippen LogP contribution is 2.24. The van der Waals surface area contributed by atoms with Crippen LogP contribution in [0.15, 0.2) is 47.4 Å². The third-order valence-corrected chi connectivity index (χ3v) is 6.06. The number of hydrogen-bond acceptors (Lipinski definition) is 5. The third kappa shape index (κ3) is 4.95. The average Bonchev–Trinajstić information content (AvgIpc) is 3.19. The SMILES string of the molecule is COc1ccc(S(=O)(=O)Nc2ccc(C(=O)NC[C@@H]3CCCO3)c(Cl)c2)cc1. The molecule has 0 saturated carbocycles. The molecule has 1 aliphatic rings. The van der Waals surface area contributed by atoms with Gasteiger partial charge in [0.1, 0.15) is 5.75 Å². The molecule has 1 heterocycles. The second-order valence-electron chi connectivity index (χ2n) is 6.32. The lowest BCUT2D eigenvalue weighted by atomic mass is 10.2. The van der Waals surface area contributed by atoms with E-state index >= 15 is 0 Å². The largest absolute Gasteiger partial charge is 0.497 e. The zero-order valence-corrected chi connectivity index (χ0v) is 16.8. The van der Waals surface area contributed by atoms with Crippen molar-refractivity contribution in [2.24, 2.45) is 0 Å². The number of carbonyl (C=O) groups excluding carboxylic acids is 1. The summed E-state index contributed by atoms with van der Waals surface area (Å²) >= 11 is 6.19. The van der Waals surface area contributed by atoms with E-state index in [1.807, 2.05) is 0 Å². The number of methoxy groups -OCH3 is 1. The highest BCUT2D eigenvalue weighted by atomic mass is 35.5. The Bertz CT molecular complexity index is 941. The highest BCUT2D eigenvalue weighted by molar-refractivity contribution is 7.92. The van der Waals surface area contributed by atoms with Gasteiger partial charge in [0.25, 0.3) is 15.9 Å². The van der Waals surface area contributed by atoms with Gasteiger partial charge in [-0.05, 0) is 55.3 Å². The molecule has 0 aliphatic carbocycles. The third-order valence-electron chi connectivity index (χ3n) is 4.35. The fraction of sp³-hybridized carbons (Fsp3) is 0.316. The minimum atomic E-state index is -3.79. The van der Waals surface area contributed by atoms with E-state index in [1.165, 1.54) is 37.4 Å². The number of hydrogen-bond donors (Lipinski definition) is 2. The van der Waals surface area contributed by atoms with Gasteiger partial charge in [-0.2, -0.15) is 0 Å². The summed E-state index contributed by atoms with van der Waals surface area (Å²) in [4.78, 5) is 12.4. The molecule has 0 radical (unpaired) electrons. The lowest BCUT2D eigenvalue weighted by Crippen LogP contribution is -2.31. The van der Waals surface area contributed by atoms with Crippen LogP contribution in [0.25, 0.3) is 0 Å². The van der Waals surface area contributed by atoms with Gasteiger partial charge in [-0.15, -0.1) is 0 Å². The van der Waals surface area contributed by atoms with Crippen LogP contribution in [-0.2, 0) is 14.8 Å². The van der Waals surface area contributed by atoms with Crippen LogP contribution in [0.3, 0.4) is 0 Å². The summed E-state index contributed by atoms with van der Waals surface area (Å²) in [6.07, 6.45) is 1.93. The minimum absolute atomic E-state index is 0.0262. The molecule has 1 aliphatic heterocycles. The van der Waals surface area contributed by atoms with Crippen LogP contribution in [0.1, 0.15) is 23.2 Å². The first-order valence-electron chi connectivity index (χ1n) is 8.75. The lowest BCUT2D eigenvalue weighted by Gasteiger charge is -2.13. The molecule has 7 nitrogen and oxygen atoms in total. The average molecular weight is 425 g/mol. The topological polar surface area (TPSA) is 93.7 Å². The van der Waals surface area contributed by atoms with Crippen molar-refractivity contribution in [3.05, 3.63) is 53.1 Å². The summed E-state index contributed by atoms with van der Waals surface area (Å²) in [5, 5.41) is 2.94. The molecule has 1 saturated heterocycles. The van der Waals surface area contributed by atoms with E-state index in [0.717, 1.165) is 12.8 Å². The molecule has 2 aromatic rings. The van der Waals surface area contributed by atoms with Crippen LogP contribution >= 0.6 is 11.6 Å². The molecule has 3 rings (SSSR count). The predicted molar refractivity (Wildman–Crippen MR) is 107 cm³/mol. The summed E-state index contributed by atoms with van der Waals surface area (Å²) in [6.45, 7) is 1.13. The standard InChI is InChI=1S/C19H21ClN2O5S/c1-26-14-5-7-16(8-6-14)28(24,25)22-13-4-9-17(18(20)11-13)19(23)21-12-15-3-2-10-27-15/h4-9,11,15,22H,2-3,10,12H2,1H3,(H,21,23)/t15-/m0/s1. The molecular weight excluding hydrogens is 404 g/mol. The van der Waals surface area contributed by atoms with E-state index < -0.39 is 10.0 Å². The smallest absolute Gasteiger partial charge is 0.261 e. The summed E-state index contributed by atoms with van der Waals surface area (Å²) in [7, 11) is -2.29. The first-order valence-corrected chi connectivity index (χ1v) is 10.6. The zero-order valence-electron chi connectivity index (χ0n) is 15.3. The quantitative estimate of drug-likeness (QED) is 0.712. The Labute approximate surface area is 169 Å². The van der Waals surface area contributed by atoms with Gasteiger partial charge in [-0.1, -0.05) is 11.6 Å². The van der Waals surface area contributed by atoms with Crippen LogP contribution in [0.5, 0.6) is 5.75 Å². The highest BCUT2D eigenvalue weighted by Gasteiger charge is 2.19. The van der Waals surface area contributed by atoms with Crippen molar-refractivity contribution in [1.82, 2.24) is 5.32 Å². The number of amides is 1. The molecule has 9 heteroatoms. The van der Waals surface area contributed by atoms with Crippen LogP contribution in [-0.4, -0.2) is 40.7 Å². The summed E-state index contributed by atoms with van der Waals surface area (Å²) in [5.74, 6) is 0.227. The summed E-state index contributed by atoms with van der Waals surface area (Å²) < 4.78 is 37.9. The predicted octanol–water partition coefficient (Wildman–Crippen LogP) is 3.06. The van der Waals surface area contributed by atoms with Crippen molar-refractivity contribution in [3.8, 4) is 5.75 Å². The molecule has 1 amide bonds. The number of nitrogens with one attached hydrogen (secondary N) is 2. The second-order valence-corrected chi connectivity index (χ2v) is 8.41. The maximum Gasteiger partial charge on any atom is 0.261 e. The Morgan fingerprint density at radius 1 is 1.25 bits per heavy atom. The molecule has 0 aromatic heterocycles. The Hall–Kier alpha value is -2.29. The van der Waals surface area contributed by atoms with E-state index in [4.69, 9.17) is 21.1 Å². The van der Waals surface area contributed by atoms with Gasteiger partial charge in [-0.3, -0.25) is 9.52 Å². The monoisotopic (exact) mass is 424 g/mol. The maximum absolute atomic E-state index is 12.5. The van der Waals surface area contributed by atoms with Gasteiger partial charge in [0.05, 0.1) is 34.4 Å². The molecule has 2 aromatic carbocycles. The molecule has 1 atom stereocenters. The summed E-state index contributed by atoms with van der Waals surface area (Å²) in [5.41, 5.74) is 0.531. The molecule has 150 valence electrons. The molecule has 0 spiro atoms. The Balaban J connectivity index is 1.67. The van der Waals surface area contributed by atoms with E-state index in [9.17, 15) is 13.2 Å². The first-order chi connectivity index (χ1) is 13.4. The number of carbonyl (C=O) groups is 1. The Morgan fingerprint density at radius 2 is 2.00 bits per heavy atom. The number of rotatable bonds is 7. The van der Waals surface area contributed by atoms with Crippen LogP contribution < -0.4 is 14.8 Å². The van der Waals surface area contributed by atoms with Gasteiger partial charge in [-0.25, -0.2) is 8.42 Å². The maximum atomic E-state index is 12.5. The van der Waals surface area contributed by atoms with Gasteiger partial charge >= 0.3 is 0 Å². The molecule has 2 N–H and O–H groups in total. The van der Waals surface area contributed by atoms with Gasteiger partial charge in [0, 0.05) is 13.2 Å². The molecule has 0 unspecified atom stereocenters. The van der Waals surface area contributed by atoms with Crippen molar-refractivity contribution in [2.75, 3.05) is 25.0 Å². The molecule has 28 heavy (non-hydrogen) atoms. The van der Waals surface area contributed by atoms with Crippen molar-refractivity contribution in [1.29, 1.82) is 0 Å². The number of benzene rings is 2. The normalized spacial score (nSPS) is 16.6. The number of halogens is 1. The van der Waals surface area contributed by atoms with E-state index in [0.29, 0.717) is 18.9 Å². The van der Waals surface area contributed by atoms with E-state index in [-0.39, 0.29) is 33.2 Å². The van der Waals surface area contributed by atoms with Gasteiger partial charge < -0.3 is 14.8 Å². The molecule has 0 bridgehead atoms. The van der Waals surface area contributed by atoms with Crippen LogP contribution in [0.2, 0.25) is 5.02 Å². The fourth-order valence-electron chi connectivity index (χ4n) is 2.84. The van der Waals surface area contributed by atoms with Crippen LogP contribution in [0.4, 0.5) is 5.69 Å². The second kappa shape index (κ2) is 8.81. The lowest BCUT2D eigenvalue weighted by molar-refractivity contribution is 0.0858. The zero-order chi connectivity index (χ0) is 20.1. The van der Waals surface area contributed by atoms with Crippen molar-refractivity contribution < 1.29 is 22.7 Å². The molecule has 1 fully saturated rings. The Morgan fingerprint density at radius 3 is 2.61 bits per heavy atom.